The van der Waals surface area contributed by atoms with Gasteiger partial charge in [0.1, 0.15) is 5.75 Å². The second-order valence-corrected chi connectivity index (χ2v) is 16.5. The van der Waals surface area contributed by atoms with Gasteiger partial charge in [0.2, 0.25) is 10.0 Å². The number of hydrogen-bond acceptors (Lipinski definition) is 3. The van der Waals surface area contributed by atoms with Gasteiger partial charge in [-0.15, -0.1) is 0 Å². The van der Waals surface area contributed by atoms with Crippen molar-refractivity contribution in [3.63, 3.8) is 0 Å². The second-order valence-electron chi connectivity index (χ2n) is 9.82. The molecule has 0 aliphatic rings. The zero-order valence-corrected chi connectivity index (χ0v) is 23.0. The fourth-order valence-electron chi connectivity index (χ4n) is 4.41. The first-order chi connectivity index (χ1) is 15.9. The maximum absolute atomic E-state index is 13.8. The van der Waals surface area contributed by atoms with Gasteiger partial charge in [0.25, 0.3) is 0 Å². The Kier molecular flexibility index (Phi) is 7.86. The molecule has 0 fully saturated rings. The van der Waals surface area contributed by atoms with E-state index in [-0.39, 0.29) is 0 Å². The molecule has 0 spiro atoms. The Morgan fingerprint density at radius 1 is 0.912 bits per heavy atom. The molecule has 0 amide bonds. The molecule has 0 aromatic heterocycles. The van der Waals surface area contributed by atoms with Crippen molar-refractivity contribution in [3.8, 4) is 5.75 Å². The lowest BCUT2D eigenvalue weighted by Crippen LogP contribution is -2.38. The number of methoxy groups -OCH3 is 1. The molecule has 3 aromatic carbocycles. The van der Waals surface area contributed by atoms with Crippen molar-refractivity contribution in [2.24, 2.45) is 0 Å². The third-order valence-corrected chi connectivity index (χ3v) is 9.76. The van der Waals surface area contributed by atoms with E-state index in [4.69, 9.17) is 4.74 Å². The Morgan fingerprint density at radius 3 is 2.09 bits per heavy atom. The van der Waals surface area contributed by atoms with Crippen LogP contribution in [0.5, 0.6) is 5.75 Å². The Balaban J connectivity index is 2.20. The largest absolute Gasteiger partial charge is 0.497 e. The summed E-state index contributed by atoms with van der Waals surface area (Å²) in [7, 11) is -4.13. The molecule has 0 heterocycles. The number of hydrogen-bond donors (Lipinski definition) is 1. The van der Waals surface area contributed by atoms with E-state index in [9.17, 15) is 8.42 Å². The Bertz CT molecular complexity index is 1270. The SMILES string of the molecule is COc1cccc(/C=C(/C(NS(=O)(=O)c2c(C)cc(C)cc2C)c2ccccc2)[Si](C)(C)C)c1. The van der Waals surface area contributed by atoms with E-state index >= 15 is 0 Å². The quantitative estimate of drug-likeness (QED) is 0.360. The highest BCUT2D eigenvalue weighted by Crippen LogP contribution is 2.34. The van der Waals surface area contributed by atoms with Crippen molar-refractivity contribution in [2.45, 2.75) is 51.3 Å². The van der Waals surface area contributed by atoms with Gasteiger partial charge in [0.15, 0.2) is 0 Å². The van der Waals surface area contributed by atoms with Gasteiger partial charge in [-0.2, -0.15) is 4.72 Å². The van der Waals surface area contributed by atoms with Crippen molar-refractivity contribution in [3.05, 3.63) is 99.7 Å². The Morgan fingerprint density at radius 2 is 1.53 bits per heavy atom. The van der Waals surface area contributed by atoms with Crippen LogP contribution in [0.4, 0.5) is 0 Å². The van der Waals surface area contributed by atoms with Crippen LogP contribution in [0.15, 0.2) is 76.8 Å². The summed E-state index contributed by atoms with van der Waals surface area (Å²) in [6, 6.07) is 21.0. The molecular weight excluding hydrogens is 458 g/mol. The lowest BCUT2D eigenvalue weighted by Gasteiger charge is -2.31. The fraction of sp³-hybridized carbons (Fsp3) is 0.286. The van der Waals surface area contributed by atoms with E-state index in [1.54, 1.807) is 7.11 Å². The van der Waals surface area contributed by atoms with Crippen molar-refractivity contribution in [1.29, 1.82) is 0 Å². The number of nitrogens with one attached hydrogen (secondary N) is 1. The monoisotopic (exact) mass is 493 g/mol. The summed E-state index contributed by atoms with van der Waals surface area (Å²) in [5.41, 5.74) is 4.46. The van der Waals surface area contributed by atoms with Gasteiger partial charge < -0.3 is 4.74 Å². The Hall–Kier alpha value is -2.67. The van der Waals surface area contributed by atoms with E-state index in [1.165, 1.54) is 0 Å². The van der Waals surface area contributed by atoms with Gasteiger partial charge in [0.05, 0.1) is 26.1 Å². The first kappa shape index (κ1) is 25.9. The molecule has 0 bridgehead atoms. The highest BCUT2D eigenvalue weighted by Gasteiger charge is 2.33. The minimum atomic E-state index is -3.79. The number of benzene rings is 3. The topological polar surface area (TPSA) is 55.4 Å². The number of ether oxygens (including phenoxy) is 1. The van der Waals surface area contributed by atoms with E-state index in [0.29, 0.717) is 4.90 Å². The van der Waals surface area contributed by atoms with E-state index in [0.717, 1.165) is 38.8 Å². The molecule has 180 valence electrons. The van der Waals surface area contributed by atoms with Crippen molar-refractivity contribution in [2.75, 3.05) is 7.11 Å². The van der Waals surface area contributed by atoms with Crippen LogP contribution in [0, 0.1) is 20.8 Å². The fourth-order valence-corrected chi connectivity index (χ4v) is 7.87. The summed E-state index contributed by atoms with van der Waals surface area (Å²) in [4.78, 5) is 0.357. The molecule has 0 saturated heterocycles. The summed E-state index contributed by atoms with van der Waals surface area (Å²) in [5, 5.41) is 1.10. The van der Waals surface area contributed by atoms with Gasteiger partial charge >= 0.3 is 0 Å². The van der Waals surface area contributed by atoms with E-state index < -0.39 is 24.1 Å². The summed E-state index contributed by atoms with van der Waals surface area (Å²) in [5.74, 6) is 0.770. The van der Waals surface area contributed by atoms with Crippen LogP contribution in [0.3, 0.4) is 0 Å². The van der Waals surface area contributed by atoms with E-state index in [1.807, 2.05) is 87.5 Å². The molecule has 1 atom stereocenters. The van der Waals surface area contributed by atoms with Crippen LogP contribution in [0.2, 0.25) is 19.6 Å². The molecule has 1 unspecified atom stereocenters. The molecule has 0 saturated carbocycles. The van der Waals surface area contributed by atoms with Crippen LogP contribution in [-0.2, 0) is 10.0 Å². The molecule has 1 N–H and O–H groups in total. The minimum Gasteiger partial charge on any atom is -0.497 e. The number of rotatable bonds is 8. The maximum Gasteiger partial charge on any atom is 0.241 e. The smallest absolute Gasteiger partial charge is 0.241 e. The molecule has 6 heteroatoms. The molecule has 0 aliphatic carbocycles. The van der Waals surface area contributed by atoms with Crippen LogP contribution in [-0.4, -0.2) is 23.6 Å². The summed E-state index contributed by atoms with van der Waals surface area (Å²) in [6.45, 7) is 12.4. The molecule has 3 aromatic rings. The highest BCUT2D eigenvalue weighted by molar-refractivity contribution is 7.89. The molecule has 0 aliphatic heterocycles. The molecule has 4 nitrogen and oxygen atoms in total. The van der Waals surface area contributed by atoms with E-state index in [2.05, 4.69) is 30.4 Å². The lowest BCUT2D eigenvalue weighted by molar-refractivity contribution is 0.414. The second kappa shape index (κ2) is 10.3. The van der Waals surface area contributed by atoms with Crippen molar-refractivity contribution < 1.29 is 13.2 Å². The predicted molar refractivity (Wildman–Crippen MR) is 144 cm³/mol. The molecular formula is C28H35NO3SSi. The average molecular weight is 494 g/mol. The standard InChI is InChI=1S/C28H35NO3SSi/c1-20-16-21(2)28(22(3)17-20)33(30,31)29-27(24-13-9-8-10-14-24)26(34(5,6)7)19-23-12-11-15-25(18-23)32-4/h8-19,27,29H,1-7H3/b26-19-. The average Bonchev–Trinajstić information content (AvgIpc) is 2.75. The summed E-state index contributed by atoms with van der Waals surface area (Å²) < 4.78 is 36.1. The van der Waals surface area contributed by atoms with Gasteiger partial charge in [-0.05, 0) is 55.2 Å². The minimum absolute atomic E-state index is 0.357. The first-order valence-corrected chi connectivity index (χ1v) is 16.4. The van der Waals surface area contributed by atoms with Gasteiger partial charge in [-0.3, -0.25) is 0 Å². The van der Waals surface area contributed by atoms with Gasteiger partial charge in [0, 0.05) is 0 Å². The van der Waals surface area contributed by atoms with Gasteiger partial charge in [-0.25, -0.2) is 8.42 Å². The molecule has 0 radical (unpaired) electrons. The van der Waals surface area contributed by atoms with Crippen LogP contribution in [0.1, 0.15) is 33.9 Å². The molecule has 3 rings (SSSR count). The zero-order valence-electron chi connectivity index (χ0n) is 21.1. The normalized spacial score (nSPS) is 13.6. The maximum atomic E-state index is 13.8. The number of sulfonamides is 1. The van der Waals surface area contributed by atoms with Gasteiger partial charge in [-0.1, -0.05) is 91.1 Å². The third kappa shape index (κ3) is 6.06. The first-order valence-electron chi connectivity index (χ1n) is 11.4. The molecule has 34 heavy (non-hydrogen) atoms. The Labute approximate surface area is 205 Å². The predicted octanol–water partition coefficient (Wildman–Crippen LogP) is 6.60. The zero-order chi connectivity index (χ0) is 25.1. The third-order valence-electron chi connectivity index (χ3n) is 5.87. The summed E-state index contributed by atoms with van der Waals surface area (Å²) in [6.07, 6.45) is 2.13. The summed E-state index contributed by atoms with van der Waals surface area (Å²) >= 11 is 0. The van der Waals surface area contributed by atoms with Crippen molar-refractivity contribution >= 4 is 24.2 Å². The lowest BCUT2D eigenvalue weighted by atomic mass is 10.1. The highest BCUT2D eigenvalue weighted by atomic mass is 32.2. The van der Waals surface area contributed by atoms with Crippen LogP contribution in [0.25, 0.3) is 6.08 Å². The van der Waals surface area contributed by atoms with Crippen LogP contribution < -0.4 is 9.46 Å². The van der Waals surface area contributed by atoms with Crippen LogP contribution >= 0.6 is 0 Å². The number of aryl methyl sites for hydroxylation is 3. The van der Waals surface area contributed by atoms with Crippen molar-refractivity contribution in [1.82, 2.24) is 4.72 Å².